The maximum absolute atomic E-state index is 12.1. The van der Waals surface area contributed by atoms with Crippen molar-refractivity contribution < 1.29 is 14.4 Å². The Morgan fingerprint density at radius 1 is 1.32 bits per heavy atom. The van der Waals surface area contributed by atoms with Gasteiger partial charge in [0.05, 0.1) is 18.9 Å². The lowest BCUT2D eigenvalue weighted by molar-refractivity contribution is -0.899. The molecule has 1 amide bonds. The normalized spacial score (nSPS) is 16.4. The third-order valence-electron chi connectivity index (χ3n) is 3.06. The van der Waals surface area contributed by atoms with E-state index in [1.165, 1.54) is 4.90 Å². The number of quaternary nitrogens is 1. The molecular weight excluding hydrogens is 376 g/mol. The number of aryl methyl sites for hydroxylation is 1. The summed E-state index contributed by atoms with van der Waals surface area (Å²) >= 11 is 6.96. The number of amides is 1. The summed E-state index contributed by atoms with van der Waals surface area (Å²) < 4.78 is 7.07. The molecule has 0 aliphatic carbocycles. The molecule has 19 heavy (non-hydrogen) atoms. The fourth-order valence-corrected chi connectivity index (χ4v) is 3.68. The standard InChI is InChI=1S/C13H16Br2N2O2/c1-9-6-10(14)13(11(15)7-9)16-12(18)8-17-2-4-19-5-3-17/h6-7H,2-5,8H2,1H3,(H,16,18)/p+1. The fourth-order valence-electron chi connectivity index (χ4n) is 2.07. The molecule has 1 aliphatic heterocycles. The average molecular weight is 393 g/mol. The number of ether oxygens (including phenoxy) is 1. The lowest BCUT2D eigenvalue weighted by atomic mass is 10.2. The van der Waals surface area contributed by atoms with Crippen molar-refractivity contribution in [2.75, 3.05) is 38.2 Å². The van der Waals surface area contributed by atoms with Crippen LogP contribution in [0.2, 0.25) is 0 Å². The van der Waals surface area contributed by atoms with Gasteiger partial charge in [0.2, 0.25) is 0 Å². The molecule has 0 atom stereocenters. The average Bonchev–Trinajstić information content (AvgIpc) is 2.35. The van der Waals surface area contributed by atoms with Crippen LogP contribution >= 0.6 is 31.9 Å². The van der Waals surface area contributed by atoms with Gasteiger partial charge in [-0.2, -0.15) is 0 Å². The van der Waals surface area contributed by atoms with E-state index in [-0.39, 0.29) is 5.91 Å². The third-order valence-corrected chi connectivity index (χ3v) is 4.31. The summed E-state index contributed by atoms with van der Waals surface area (Å²) in [6.07, 6.45) is 0. The summed E-state index contributed by atoms with van der Waals surface area (Å²) in [7, 11) is 0. The molecule has 0 aromatic heterocycles. The Bertz CT molecular complexity index is 451. The molecule has 1 aliphatic rings. The second kappa shape index (κ2) is 6.83. The number of hydrogen-bond acceptors (Lipinski definition) is 2. The van der Waals surface area contributed by atoms with Crippen LogP contribution in [0.4, 0.5) is 5.69 Å². The van der Waals surface area contributed by atoms with Crippen LogP contribution in [-0.2, 0) is 9.53 Å². The Morgan fingerprint density at radius 3 is 2.47 bits per heavy atom. The van der Waals surface area contributed by atoms with Crippen molar-refractivity contribution in [3.05, 3.63) is 26.6 Å². The first-order valence-electron chi connectivity index (χ1n) is 6.23. The van der Waals surface area contributed by atoms with Crippen LogP contribution in [0.5, 0.6) is 0 Å². The van der Waals surface area contributed by atoms with E-state index >= 15 is 0 Å². The number of nitrogens with one attached hydrogen (secondary N) is 2. The minimum atomic E-state index is 0.0298. The SMILES string of the molecule is Cc1cc(Br)c(NC(=O)C[NH+]2CCOCC2)c(Br)c1. The number of carbonyl (C=O) groups is 1. The maximum atomic E-state index is 12.1. The first-order chi connectivity index (χ1) is 9.06. The van der Waals surface area contributed by atoms with Crippen LogP contribution in [0.25, 0.3) is 0 Å². The van der Waals surface area contributed by atoms with Gasteiger partial charge in [-0.3, -0.25) is 4.79 Å². The maximum Gasteiger partial charge on any atom is 0.279 e. The van der Waals surface area contributed by atoms with Crippen molar-refractivity contribution >= 4 is 43.5 Å². The van der Waals surface area contributed by atoms with Gasteiger partial charge in [0.15, 0.2) is 6.54 Å². The van der Waals surface area contributed by atoms with E-state index in [1.54, 1.807) is 0 Å². The molecule has 0 spiro atoms. The molecule has 4 nitrogen and oxygen atoms in total. The lowest BCUT2D eigenvalue weighted by Gasteiger charge is -2.23. The van der Waals surface area contributed by atoms with Crippen LogP contribution in [-0.4, -0.2) is 38.8 Å². The first kappa shape index (κ1) is 15.0. The zero-order valence-electron chi connectivity index (χ0n) is 10.8. The predicted octanol–water partition coefficient (Wildman–Crippen LogP) is 1.37. The highest BCUT2D eigenvalue weighted by Gasteiger charge is 2.19. The van der Waals surface area contributed by atoms with Crippen LogP contribution < -0.4 is 10.2 Å². The molecule has 2 N–H and O–H groups in total. The number of carbonyl (C=O) groups excluding carboxylic acids is 1. The van der Waals surface area contributed by atoms with Gasteiger partial charge in [-0.15, -0.1) is 0 Å². The summed E-state index contributed by atoms with van der Waals surface area (Å²) in [6.45, 7) is 5.75. The van der Waals surface area contributed by atoms with Crippen LogP contribution in [0.3, 0.4) is 0 Å². The van der Waals surface area contributed by atoms with Gasteiger partial charge in [-0.05, 0) is 56.5 Å². The van der Waals surface area contributed by atoms with Crippen molar-refractivity contribution in [2.45, 2.75) is 6.92 Å². The highest BCUT2D eigenvalue weighted by Crippen LogP contribution is 2.32. The molecule has 0 unspecified atom stereocenters. The van der Waals surface area contributed by atoms with E-state index in [0.29, 0.717) is 6.54 Å². The summed E-state index contributed by atoms with van der Waals surface area (Å²) in [5.41, 5.74) is 1.93. The minimum absolute atomic E-state index is 0.0298. The monoisotopic (exact) mass is 391 g/mol. The molecule has 104 valence electrons. The van der Waals surface area contributed by atoms with Gasteiger partial charge < -0.3 is 15.0 Å². The molecule has 1 saturated heterocycles. The number of hydrogen-bond donors (Lipinski definition) is 2. The van der Waals surface area contributed by atoms with Gasteiger partial charge in [-0.1, -0.05) is 0 Å². The van der Waals surface area contributed by atoms with E-state index in [2.05, 4.69) is 37.2 Å². The Labute approximate surface area is 129 Å². The molecule has 6 heteroatoms. The van der Waals surface area contributed by atoms with Crippen LogP contribution in [0.1, 0.15) is 5.56 Å². The molecular formula is C13H17Br2N2O2+. The molecule has 0 bridgehead atoms. The second-order valence-corrected chi connectivity index (χ2v) is 6.40. The lowest BCUT2D eigenvalue weighted by Crippen LogP contribution is -3.15. The van der Waals surface area contributed by atoms with Gasteiger partial charge in [-0.25, -0.2) is 0 Å². The number of anilines is 1. The zero-order chi connectivity index (χ0) is 13.8. The first-order valence-corrected chi connectivity index (χ1v) is 7.81. The van der Waals surface area contributed by atoms with Gasteiger partial charge in [0.25, 0.3) is 5.91 Å². The molecule has 2 rings (SSSR count). The summed E-state index contributed by atoms with van der Waals surface area (Å²) in [4.78, 5) is 13.3. The van der Waals surface area contributed by atoms with Crippen molar-refractivity contribution in [3.8, 4) is 0 Å². The van der Waals surface area contributed by atoms with E-state index in [1.807, 2.05) is 19.1 Å². The Balaban J connectivity index is 1.98. The molecule has 1 fully saturated rings. The molecule has 1 aromatic rings. The topological polar surface area (TPSA) is 42.8 Å². The van der Waals surface area contributed by atoms with Crippen molar-refractivity contribution in [3.63, 3.8) is 0 Å². The number of rotatable bonds is 3. The third kappa shape index (κ3) is 4.27. The van der Waals surface area contributed by atoms with Crippen molar-refractivity contribution in [1.82, 2.24) is 0 Å². The largest absolute Gasteiger partial charge is 0.370 e. The highest BCUT2D eigenvalue weighted by atomic mass is 79.9. The number of benzene rings is 1. The molecule has 0 saturated carbocycles. The fraction of sp³-hybridized carbons (Fsp3) is 0.462. The van der Waals surface area contributed by atoms with Gasteiger partial charge in [0.1, 0.15) is 13.1 Å². The number of morpholine rings is 1. The smallest absolute Gasteiger partial charge is 0.279 e. The quantitative estimate of drug-likeness (QED) is 0.815. The van der Waals surface area contributed by atoms with Crippen molar-refractivity contribution in [1.29, 1.82) is 0 Å². The Kier molecular flexibility index (Phi) is 5.38. The van der Waals surface area contributed by atoms with E-state index < -0.39 is 0 Å². The van der Waals surface area contributed by atoms with E-state index in [4.69, 9.17) is 4.74 Å². The predicted molar refractivity (Wildman–Crippen MR) is 81.6 cm³/mol. The molecule has 1 heterocycles. The van der Waals surface area contributed by atoms with E-state index in [0.717, 1.165) is 46.5 Å². The zero-order valence-corrected chi connectivity index (χ0v) is 13.9. The number of halogens is 2. The Morgan fingerprint density at radius 2 is 1.89 bits per heavy atom. The Hall–Kier alpha value is -0.430. The summed E-state index contributed by atoms with van der Waals surface area (Å²) in [5, 5.41) is 2.96. The second-order valence-electron chi connectivity index (χ2n) is 4.69. The molecule has 1 aromatic carbocycles. The van der Waals surface area contributed by atoms with Gasteiger partial charge >= 0.3 is 0 Å². The van der Waals surface area contributed by atoms with Crippen molar-refractivity contribution in [2.24, 2.45) is 0 Å². The summed E-state index contributed by atoms with van der Waals surface area (Å²) in [6, 6.07) is 3.98. The highest BCUT2D eigenvalue weighted by molar-refractivity contribution is 9.11. The minimum Gasteiger partial charge on any atom is -0.370 e. The van der Waals surface area contributed by atoms with Crippen LogP contribution in [0, 0.1) is 6.92 Å². The molecule has 0 radical (unpaired) electrons. The van der Waals surface area contributed by atoms with Crippen LogP contribution in [0.15, 0.2) is 21.1 Å². The van der Waals surface area contributed by atoms with Gasteiger partial charge in [0, 0.05) is 8.95 Å². The van der Waals surface area contributed by atoms with E-state index in [9.17, 15) is 4.79 Å². The summed E-state index contributed by atoms with van der Waals surface area (Å²) in [5.74, 6) is 0.0298.